The Hall–Kier alpha value is -3.52. The summed E-state index contributed by atoms with van der Waals surface area (Å²) in [6.07, 6.45) is 0.423. The van der Waals surface area contributed by atoms with E-state index in [2.05, 4.69) is 10.6 Å². The second-order valence-corrected chi connectivity index (χ2v) is 6.75. The van der Waals surface area contributed by atoms with Gasteiger partial charge in [0.25, 0.3) is 17.7 Å². The molecule has 0 fully saturated rings. The van der Waals surface area contributed by atoms with Crippen LogP contribution in [0.3, 0.4) is 0 Å². The second-order valence-electron chi connectivity index (χ2n) is 6.75. The van der Waals surface area contributed by atoms with Crippen molar-refractivity contribution in [3.8, 4) is 0 Å². The van der Waals surface area contributed by atoms with Gasteiger partial charge in [0.2, 0.25) is 5.91 Å². The monoisotopic (exact) mass is 409 g/mol. The Morgan fingerprint density at radius 2 is 1.60 bits per heavy atom. The van der Waals surface area contributed by atoms with E-state index in [1.54, 1.807) is 55.6 Å². The molecule has 4 amide bonds. The molecule has 0 aromatic heterocycles. The first-order chi connectivity index (χ1) is 14.5. The minimum absolute atomic E-state index is 0.104. The van der Waals surface area contributed by atoms with Crippen LogP contribution in [0.2, 0.25) is 0 Å². The number of para-hydroxylation sites is 1. The molecule has 8 nitrogen and oxygen atoms in total. The van der Waals surface area contributed by atoms with Gasteiger partial charge in [-0.2, -0.15) is 0 Å². The number of nitrogens with zero attached hydrogens (tertiary/aromatic N) is 1. The van der Waals surface area contributed by atoms with Crippen molar-refractivity contribution in [3.63, 3.8) is 0 Å². The van der Waals surface area contributed by atoms with E-state index in [4.69, 9.17) is 4.74 Å². The number of methoxy groups -OCH3 is 1. The largest absolute Gasteiger partial charge is 0.383 e. The van der Waals surface area contributed by atoms with E-state index in [9.17, 15) is 19.2 Å². The number of ether oxygens (including phenoxy) is 1. The molecule has 2 aromatic carbocycles. The number of fused-ring (bicyclic) bond motifs is 1. The minimum Gasteiger partial charge on any atom is -0.383 e. The Morgan fingerprint density at radius 3 is 2.27 bits per heavy atom. The molecular weight excluding hydrogens is 386 g/mol. The van der Waals surface area contributed by atoms with Crippen molar-refractivity contribution >= 4 is 29.3 Å². The van der Waals surface area contributed by atoms with Gasteiger partial charge < -0.3 is 15.4 Å². The molecule has 0 aliphatic carbocycles. The standard InChI is InChI=1S/C22H23N3O5/c1-30-14-12-23-20(27)17-9-4-5-10-18(17)24-19(26)11-6-13-25-21(28)15-7-2-3-8-16(15)22(25)29/h2-5,7-10H,6,11-14H2,1H3,(H,23,27)(H,24,26). The van der Waals surface area contributed by atoms with E-state index < -0.39 is 0 Å². The van der Waals surface area contributed by atoms with Crippen molar-refractivity contribution in [2.45, 2.75) is 12.8 Å². The van der Waals surface area contributed by atoms with E-state index in [-0.39, 0.29) is 36.6 Å². The minimum atomic E-state index is -0.339. The third-order valence-corrected chi connectivity index (χ3v) is 4.70. The highest BCUT2D eigenvalue weighted by atomic mass is 16.5. The van der Waals surface area contributed by atoms with E-state index in [1.165, 1.54) is 0 Å². The molecule has 0 saturated carbocycles. The SMILES string of the molecule is COCCNC(=O)c1ccccc1NC(=O)CCCN1C(=O)c2ccccc2C1=O. The van der Waals surface area contributed by atoms with E-state index in [0.29, 0.717) is 42.0 Å². The molecule has 8 heteroatoms. The highest BCUT2D eigenvalue weighted by Gasteiger charge is 2.34. The Morgan fingerprint density at radius 1 is 0.967 bits per heavy atom. The molecular formula is C22H23N3O5. The van der Waals surface area contributed by atoms with Crippen molar-refractivity contribution in [2.75, 3.05) is 32.1 Å². The van der Waals surface area contributed by atoms with Gasteiger partial charge in [0.15, 0.2) is 0 Å². The van der Waals surface area contributed by atoms with Crippen LogP contribution in [0.4, 0.5) is 5.69 Å². The van der Waals surface area contributed by atoms with Crippen LogP contribution in [0.1, 0.15) is 43.9 Å². The van der Waals surface area contributed by atoms with Crippen molar-refractivity contribution in [3.05, 3.63) is 65.2 Å². The topological polar surface area (TPSA) is 105 Å². The molecule has 0 atom stereocenters. The number of imide groups is 1. The van der Waals surface area contributed by atoms with Crippen molar-refractivity contribution in [1.82, 2.24) is 10.2 Å². The molecule has 0 unspecified atom stereocenters. The van der Waals surface area contributed by atoms with Crippen molar-refractivity contribution in [2.24, 2.45) is 0 Å². The lowest BCUT2D eigenvalue weighted by Gasteiger charge is -2.14. The van der Waals surface area contributed by atoms with Gasteiger partial charge in [-0.1, -0.05) is 24.3 Å². The first-order valence-electron chi connectivity index (χ1n) is 9.64. The molecule has 0 bridgehead atoms. The molecule has 156 valence electrons. The highest BCUT2D eigenvalue weighted by molar-refractivity contribution is 6.21. The third kappa shape index (κ3) is 4.72. The molecule has 1 heterocycles. The van der Waals surface area contributed by atoms with Crippen LogP contribution in [-0.2, 0) is 9.53 Å². The lowest BCUT2D eigenvalue weighted by Crippen LogP contribution is -2.31. The van der Waals surface area contributed by atoms with Crippen LogP contribution in [-0.4, -0.2) is 55.3 Å². The number of rotatable bonds is 9. The maximum Gasteiger partial charge on any atom is 0.261 e. The van der Waals surface area contributed by atoms with Gasteiger partial charge in [0.05, 0.1) is 29.0 Å². The zero-order valence-corrected chi connectivity index (χ0v) is 16.6. The first kappa shape index (κ1) is 21.2. The van der Waals surface area contributed by atoms with Crippen LogP contribution in [0.25, 0.3) is 0 Å². The van der Waals surface area contributed by atoms with Crippen molar-refractivity contribution < 1.29 is 23.9 Å². The Kier molecular flexibility index (Phi) is 6.92. The Bertz CT molecular complexity index is 938. The first-order valence-corrected chi connectivity index (χ1v) is 9.64. The normalized spacial score (nSPS) is 12.6. The molecule has 1 aliphatic heterocycles. The number of hydrogen-bond acceptors (Lipinski definition) is 5. The van der Waals surface area contributed by atoms with Gasteiger partial charge in [0, 0.05) is 26.6 Å². The number of carbonyl (C=O) groups excluding carboxylic acids is 4. The molecule has 0 spiro atoms. The summed E-state index contributed by atoms with van der Waals surface area (Å²) in [5, 5.41) is 5.44. The molecule has 0 radical (unpaired) electrons. The van der Waals surface area contributed by atoms with Crippen LogP contribution in [0, 0.1) is 0 Å². The van der Waals surface area contributed by atoms with Crippen molar-refractivity contribution in [1.29, 1.82) is 0 Å². The quantitative estimate of drug-likeness (QED) is 0.487. The number of carbonyl (C=O) groups is 4. The summed E-state index contributed by atoms with van der Waals surface area (Å²) in [5.74, 6) is -1.29. The van der Waals surface area contributed by atoms with Gasteiger partial charge in [0.1, 0.15) is 0 Å². The maximum absolute atomic E-state index is 12.4. The average Bonchev–Trinajstić information content (AvgIpc) is 2.99. The molecule has 0 saturated heterocycles. The number of hydrogen-bond donors (Lipinski definition) is 2. The summed E-state index contributed by atoms with van der Waals surface area (Å²) in [7, 11) is 1.54. The Labute approximate surface area is 174 Å². The van der Waals surface area contributed by atoms with E-state index in [1.807, 2.05) is 0 Å². The van der Waals surface area contributed by atoms with Gasteiger partial charge in [-0.15, -0.1) is 0 Å². The number of amides is 4. The maximum atomic E-state index is 12.4. The fourth-order valence-corrected chi connectivity index (χ4v) is 3.20. The molecule has 2 aromatic rings. The lowest BCUT2D eigenvalue weighted by atomic mass is 10.1. The number of benzene rings is 2. The van der Waals surface area contributed by atoms with Gasteiger partial charge in [-0.25, -0.2) is 0 Å². The smallest absolute Gasteiger partial charge is 0.261 e. The van der Waals surface area contributed by atoms with E-state index >= 15 is 0 Å². The van der Waals surface area contributed by atoms with Crippen LogP contribution in [0.15, 0.2) is 48.5 Å². The number of anilines is 1. The zero-order chi connectivity index (χ0) is 21.5. The summed E-state index contributed by atoms with van der Waals surface area (Å²) in [4.78, 5) is 50.5. The summed E-state index contributed by atoms with van der Waals surface area (Å²) in [5.41, 5.74) is 1.53. The molecule has 2 N–H and O–H groups in total. The van der Waals surface area contributed by atoms with Crippen LogP contribution < -0.4 is 10.6 Å². The van der Waals surface area contributed by atoms with Gasteiger partial charge in [-0.3, -0.25) is 24.1 Å². The van der Waals surface area contributed by atoms with E-state index in [0.717, 1.165) is 4.90 Å². The predicted molar refractivity (Wildman–Crippen MR) is 110 cm³/mol. The summed E-state index contributed by atoms with van der Waals surface area (Å²) in [6, 6.07) is 13.4. The van der Waals surface area contributed by atoms with Gasteiger partial charge in [-0.05, 0) is 30.7 Å². The lowest BCUT2D eigenvalue weighted by molar-refractivity contribution is -0.116. The van der Waals surface area contributed by atoms with Gasteiger partial charge >= 0.3 is 0 Å². The summed E-state index contributed by atoms with van der Waals surface area (Å²) >= 11 is 0. The zero-order valence-electron chi connectivity index (χ0n) is 16.6. The number of nitrogens with one attached hydrogen (secondary N) is 2. The van der Waals surface area contributed by atoms with Crippen LogP contribution >= 0.6 is 0 Å². The summed E-state index contributed by atoms with van der Waals surface area (Å²) < 4.78 is 4.91. The summed E-state index contributed by atoms with van der Waals surface area (Å²) in [6.45, 7) is 0.898. The molecule has 3 rings (SSSR count). The fraction of sp³-hybridized carbons (Fsp3) is 0.273. The fourth-order valence-electron chi connectivity index (χ4n) is 3.20. The third-order valence-electron chi connectivity index (χ3n) is 4.70. The second kappa shape index (κ2) is 9.80. The van der Waals surface area contributed by atoms with Crippen LogP contribution in [0.5, 0.6) is 0 Å². The average molecular weight is 409 g/mol. The molecule has 30 heavy (non-hydrogen) atoms. The molecule has 1 aliphatic rings. The predicted octanol–water partition coefficient (Wildman–Crippen LogP) is 2.08. The highest BCUT2D eigenvalue weighted by Crippen LogP contribution is 2.23. The Balaban J connectivity index is 1.53.